The maximum atomic E-state index is 12.4. The van der Waals surface area contributed by atoms with Gasteiger partial charge in [0.15, 0.2) is 11.5 Å². The normalized spacial score (nSPS) is 15.8. The van der Waals surface area contributed by atoms with Gasteiger partial charge in [0.05, 0.1) is 31.3 Å². The van der Waals surface area contributed by atoms with Gasteiger partial charge in [0, 0.05) is 6.07 Å². The van der Waals surface area contributed by atoms with Gasteiger partial charge in [-0.15, -0.1) is 0 Å². The van der Waals surface area contributed by atoms with Gasteiger partial charge in [-0.25, -0.2) is 0 Å². The number of methoxy groups -OCH3 is 3. The average Bonchev–Trinajstić information content (AvgIpc) is 2.83. The highest BCUT2D eigenvalue weighted by Gasteiger charge is 2.33. The molecule has 0 unspecified atom stereocenters. The molecule has 1 aliphatic heterocycles. The number of rotatable bonds is 5. The third kappa shape index (κ3) is 3.82. The maximum absolute atomic E-state index is 12.4. The molecule has 2 rings (SSSR count). The first kappa shape index (κ1) is 18.6. The van der Waals surface area contributed by atoms with Crippen molar-refractivity contribution in [3.8, 4) is 11.5 Å². The van der Waals surface area contributed by atoms with Crippen LogP contribution in [0.2, 0.25) is 5.02 Å². The first-order valence-electron chi connectivity index (χ1n) is 6.65. The fraction of sp³-hybridized carbons (Fsp3) is 0.267. The van der Waals surface area contributed by atoms with Crippen molar-refractivity contribution in [3.05, 3.63) is 27.6 Å². The van der Waals surface area contributed by atoms with Crippen molar-refractivity contribution < 1.29 is 23.8 Å². The minimum absolute atomic E-state index is 0.224. The minimum atomic E-state index is -0.545. The number of thioether (sulfide) groups is 1. The number of carbonyl (C=O) groups is 2. The Morgan fingerprint density at radius 1 is 1.29 bits per heavy atom. The summed E-state index contributed by atoms with van der Waals surface area (Å²) >= 11 is 12.5. The van der Waals surface area contributed by atoms with Gasteiger partial charge in [0.25, 0.3) is 5.91 Å². The molecule has 0 saturated carbocycles. The molecule has 128 valence electrons. The van der Waals surface area contributed by atoms with E-state index < -0.39 is 5.97 Å². The van der Waals surface area contributed by atoms with E-state index >= 15 is 0 Å². The van der Waals surface area contributed by atoms with E-state index in [1.165, 1.54) is 26.2 Å². The lowest BCUT2D eigenvalue weighted by Gasteiger charge is -2.12. The molecular weight excluding hydrogens is 374 g/mol. The van der Waals surface area contributed by atoms with Gasteiger partial charge in [0.2, 0.25) is 0 Å². The van der Waals surface area contributed by atoms with Crippen LogP contribution in [-0.2, 0) is 14.3 Å². The Bertz CT molecular complexity index is 735. The Morgan fingerprint density at radius 2 is 1.92 bits per heavy atom. The molecule has 0 N–H and O–H groups in total. The van der Waals surface area contributed by atoms with Crippen LogP contribution in [0.15, 0.2) is 17.0 Å². The molecule has 0 bridgehead atoms. The molecule has 0 aliphatic carbocycles. The minimum Gasteiger partial charge on any atom is -0.493 e. The Balaban J connectivity index is 2.34. The van der Waals surface area contributed by atoms with E-state index in [1.54, 1.807) is 18.2 Å². The predicted molar refractivity (Wildman–Crippen MR) is 96.5 cm³/mol. The summed E-state index contributed by atoms with van der Waals surface area (Å²) in [6.07, 6.45) is 1.60. The SMILES string of the molecule is COC(=O)CN1C(=O)/C(=C/c2cc(OC)c(OC)cc2Cl)SC1=S. The van der Waals surface area contributed by atoms with E-state index in [0.29, 0.717) is 27.0 Å². The summed E-state index contributed by atoms with van der Waals surface area (Å²) < 4.78 is 15.3. The number of ether oxygens (including phenoxy) is 3. The lowest BCUT2D eigenvalue weighted by Crippen LogP contribution is -2.33. The second-order valence-corrected chi connectivity index (χ2v) is 6.66. The van der Waals surface area contributed by atoms with Crippen molar-refractivity contribution in [2.75, 3.05) is 27.9 Å². The van der Waals surface area contributed by atoms with Crippen LogP contribution in [0, 0.1) is 0 Å². The summed E-state index contributed by atoms with van der Waals surface area (Å²) in [6.45, 7) is -0.224. The summed E-state index contributed by atoms with van der Waals surface area (Å²) in [5.41, 5.74) is 0.577. The average molecular weight is 388 g/mol. The quantitative estimate of drug-likeness (QED) is 0.437. The third-order valence-electron chi connectivity index (χ3n) is 3.18. The van der Waals surface area contributed by atoms with Crippen LogP contribution in [0.5, 0.6) is 11.5 Å². The van der Waals surface area contributed by atoms with Gasteiger partial charge in [-0.3, -0.25) is 14.5 Å². The number of esters is 1. The van der Waals surface area contributed by atoms with Gasteiger partial charge in [-0.1, -0.05) is 35.6 Å². The van der Waals surface area contributed by atoms with Crippen LogP contribution in [-0.4, -0.2) is 49.0 Å². The second kappa shape index (κ2) is 7.87. The monoisotopic (exact) mass is 387 g/mol. The lowest BCUT2D eigenvalue weighted by atomic mass is 10.1. The molecule has 1 aromatic rings. The van der Waals surface area contributed by atoms with Gasteiger partial charge in [-0.2, -0.15) is 0 Å². The first-order valence-corrected chi connectivity index (χ1v) is 8.25. The molecule has 1 heterocycles. The van der Waals surface area contributed by atoms with Gasteiger partial charge < -0.3 is 14.2 Å². The number of hydrogen-bond acceptors (Lipinski definition) is 7. The Hall–Kier alpha value is -1.77. The number of halogens is 1. The number of benzene rings is 1. The molecular formula is C15H14ClNO5S2. The number of carbonyl (C=O) groups excluding carboxylic acids is 2. The van der Waals surface area contributed by atoms with E-state index in [1.807, 2.05) is 0 Å². The zero-order valence-corrected chi connectivity index (χ0v) is 15.5. The van der Waals surface area contributed by atoms with Crippen molar-refractivity contribution in [1.29, 1.82) is 0 Å². The standard InChI is InChI=1S/C15H14ClNO5S2/c1-20-10-4-8(9(16)6-11(10)21-2)5-12-14(19)17(15(23)24-12)7-13(18)22-3/h4-6H,7H2,1-3H3/b12-5-. The number of nitrogens with zero attached hydrogens (tertiary/aromatic N) is 1. The van der Waals surface area contributed by atoms with Crippen LogP contribution < -0.4 is 9.47 Å². The lowest BCUT2D eigenvalue weighted by molar-refractivity contribution is -0.143. The van der Waals surface area contributed by atoms with Crippen LogP contribution in [0.3, 0.4) is 0 Å². The molecule has 9 heteroatoms. The Kier molecular flexibility index (Phi) is 6.09. The van der Waals surface area contributed by atoms with E-state index in [0.717, 1.165) is 11.8 Å². The van der Waals surface area contributed by atoms with Crippen molar-refractivity contribution in [2.24, 2.45) is 0 Å². The molecule has 1 fully saturated rings. The summed E-state index contributed by atoms with van der Waals surface area (Å²) in [6, 6.07) is 3.26. The smallest absolute Gasteiger partial charge is 0.325 e. The maximum Gasteiger partial charge on any atom is 0.325 e. The van der Waals surface area contributed by atoms with Crippen LogP contribution in [0.25, 0.3) is 6.08 Å². The van der Waals surface area contributed by atoms with Gasteiger partial charge in [0.1, 0.15) is 10.9 Å². The Morgan fingerprint density at radius 3 is 2.50 bits per heavy atom. The topological polar surface area (TPSA) is 65.1 Å². The molecule has 6 nitrogen and oxygen atoms in total. The summed E-state index contributed by atoms with van der Waals surface area (Å²) in [5, 5.41) is 0.394. The summed E-state index contributed by atoms with van der Waals surface area (Å²) in [5.74, 6) is 0.0500. The van der Waals surface area contributed by atoms with E-state index in [9.17, 15) is 9.59 Å². The zero-order valence-electron chi connectivity index (χ0n) is 13.1. The van der Waals surface area contributed by atoms with Crippen LogP contribution in [0.1, 0.15) is 5.56 Å². The van der Waals surface area contributed by atoms with Crippen molar-refractivity contribution in [2.45, 2.75) is 0 Å². The summed E-state index contributed by atoms with van der Waals surface area (Å²) in [4.78, 5) is 25.3. The number of amides is 1. The predicted octanol–water partition coefficient (Wildman–Crippen LogP) is 2.73. The fourth-order valence-electron chi connectivity index (χ4n) is 1.95. The molecule has 1 amide bonds. The highest BCUT2D eigenvalue weighted by molar-refractivity contribution is 8.26. The largest absolute Gasteiger partial charge is 0.493 e. The van der Waals surface area contributed by atoms with Crippen molar-refractivity contribution >= 4 is 57.9 Å². The number of hydrogen-bond donors (Lipinski definition) is 0. The van der Waals surface area contributed by atoms with Gasteiger partial charge in [-0.05, 0) is 17.7 Å². The number of thiocarbonyl (C=S) groups is 1. The van der Waals surface area contributed by atoms with Crippen LogP contribution in [0.4, 0.5) is 0 Å². The van der Waals surface area contributed by atoms with E-state index in [-0.39, 0.29) is 16.8 Å². The Labute approximate surface area is 153 Å². The molecule has 1 aliphatic rings. The first-order chi connectivity index (χ1) is 11.4. The molecule has 0 radical (unpaired) electrons. The highest BCUT2D eigenvalue weighted by Crippen LogP contribution is 2.37. The third-order valence-corrected chi connectivity index (χ3v) is 4.88. The van der Waals surface area contributed by atoms with Crippen molar-refractivity contribution in [3.63, 3.8) is 0 Å². The van der Waals surface area contributed by atoms with Crippen molar-refractivity contribution in [1.82, 2.24) is 4.90 Å². The summed E-state index contributed by atoms with van der Waals surface area (Å²) in [7, 11) is 4.26. The second-order valence-electron chi connectivity index (χ2n) is 4.57. The van der Waals surface area contributed by atoms with Crippen LogP contribution >= 0.6 is 35.6 Å². The molecule has 0 spiro atoms. The zero-order chi connectivity index (χ0) is 17.9. The molecule has 1 saturated heterocycles. The molecule has 1 aromatic carbocycles. The molecule has 24 heavy (non-hydrogen) atoms. The van der Waals surface area contributed by atoms with E-state index in [4.69, 9.17) is 33.3 Å². The highest BCUT2D eigenvalue weighted by atomic mass is 35.5. The van der Waals surface area contributed by atoms with E-state index in [2.05, 4.69) is 4.74 Å². The van der Waals surface area contributed by atoms with Gasteiger partial charge >= 0.3 is 5.97 Å². The molecule has 0 aromatic heterocycles. The fourth-order valence-corrected chi connectivity index (χ4v) is 3.41. The molecule has 0 atom stereocenters.